The Morgan fingerprint density at radius 3 is 3.07 bits per heavy atom. The molecule has 2 heterocycles. The number of rotatable bonds is 0. The van der Waals surface area contributed by atoms with Gasteiger partial charge in [0.15, 0.2) is 0 Å². The predicted molar refractivity (Wildman–Crippen MR) is 64.4 cm³/mol. The topological polar surface area (TPSA) is 24.9 Å². The Hall–Kier alpha value is -1.35. The number of hydrogen-bond donors (Lipinski definition) is 1. The van der Waals surface area contributed by atoms with Gasteiger partial charge in [0.25, 0.3) is 0 Å². The molecule has 15 heavy (non-hydrogen) atoms. The number of thiazole rings is 1. The lowest BCUT2D eigenvalue weighted by molar-refractivity contribution is 1.14. The first-order valence-corrected chi connectivity index (χ1v) is 5.87. The average Bonchev–Trinajstić information content (AvgIpc) is 2.58. The van der Waals surface area contributed by atoms with Gasteiger partial charge in [-0.25, -0.2) is 4.98 Å². The minimum Gasteiger partial charge on any atom is -0.380 e. The van der Waals surface area contributed by atoms with Crippen molar-refractivity contribution >= 4 is 17.0 Å². The second-order valence-corrected chi connectivity index (χ2v) is 5.20. The summed E-state index contributed by atoms with van der Waals surface area (Å²) in [4.78, 5) is 5.95. The molecule has 0 bridgehead atoms. The molecule has 0 atom stereocenters. The third kappa shape index (κ3) is 1.35. The fourth-order valence-electron chi connectivity index (χ4n) is 1.99. The van der Waals surface area contributed by atoms with Gasteiger partial charge in [0.1, 0.15) is 0 Å². The maximum atomic E-state index is 4.60. The highest BCUT2D eigenvalue weighted by molar-refractivity contribution is 7.12. The monoisotopic (exact) mass is 216 g/mol. The number of aromatic nitrogens is 1. The van der Waals surface area contributed by atoms with Crippen LogP contribution in [0.1, 0.15) is 15.4 Å². The van der Waals surface area contributed by atoms with Gasteiger partial charge in [-0.2, -0.15) is 0 Å². The molecule has 0 spiro atoms. The number of benzene rings is 1. The second-order valence-electron chi connectivity index (χ2n) is 3.91. The van der Waals surface area contributed by atoms with Crippen LogP contribution in [0.5, 0.6) is 0 Å². The Kier molecular flexibility index (Phi) is 1.83. The van der Waals surface area contributed by atoms with E-state index in [-0.39, 0.29) is 0 Å². The van der Waals surface area contributed by atoms with Crippen LogP contribution in [0.25, 0.3) is 11.3 Å². The molecule has 0 fully saturated rings. The second kappa shape index (κ2) is 3.07. The van der Waals surface area contributed by atoms with Crippen LogP contribution in [-0.2, 0) is 6.54 Å². The molecule has 0 saturated carbocycles. The standard InChI is InChI=1S/C12H12N2S/c1-7-3-4-9-10(5-7)13-6-11-12(9)14-8(2)15-11/h3-5,13H,6H2,1-2H3. The first-order valence-electron chi connectivity index (χ1n) is 5.05. The number of nitrogens with one attached hydrogen (secondary N) is 1. The lowest BCUT2D eigenvalue weighted by atomic mass is 10.0. The van der Waals surface area contributed by atoms with E-state index < -0.39 is 0 Å². The highest BCUT2D eigenvalue weighted by Crippen LogP contribution is 2.37. The summed E-state index contributed by atoms with van der Waals surface area (Å²) in [6, 6.07) is 6.49. The van der Waals surface area contributed by atoms with E-state index in [1.54, 1.807) is 11.3 Å². The van der Waals surface area contributed by atoms with Crippen molar-refractivity contribution in [2.75, 3.05) is 5.32 Å². The zero-order chi connectivity index (χ0) is 10.4. The van der Waals surface area contributed by atoms with E-state index in [0.29, 0.717) is 0 Å². The van der Waals surface area contributed by atoms with Crippen LogP contribution in [0.2, 0.25) is 0 Å². The van der Waals surface area contributed by atoms with Gasteiger partial charge in [0.2, 0.25) is 0 Å². The van der Waals surface area contributed by atoms with Gasteiger partial charge in [-0.3, -0.25) is 0 Å². The third-order valence-corrected chi connectivity index (χ3v) is 3.64. The molecule has 0 aliphatic carbocycles. The minimum atomic E-state index is 0.914. The molecular weight excluding hydrogens is 204 g/mol. The first kappa shape index (κ1) is 8.92. The van der Waals surface area contributed by atoms with Crippen molar-refractivity contribution in [3.8, 4) is 11.3 Å². The molecule has 1 aromatic heterocycles. The highest BCUT2D eigenvalue weighted by atomic mass is 32.1. The van der Waals surface area contributed by atoms with Crippen LogP contribution in [0.15, 0.2) is 18.2 Å². The molecule has 0 saturated heterocycles. The predicted octanol–water partition coefficient (Wildman–Crippen LogP) is 3.35. The highest BCUT2D eigenvalue weighted by Gasteiger charge is 2.18. The summed E-state index contributed by atoms with van der Waals surface area (Å²) in [7, 11) is 0. The summed E-state index contributed by atoms with van der Waals surface area (Å²) in [5.41, 5.74) is 4.92. The molecule has 76 valence electrons. The molecule has 1 aliphatic rings. The smallest absolute Gasteiger partial charge is 0.0905 e. The van der Waals surface area contributed by atoms with E-state index in [4.69, 9.17) is 0 Å². The fourth-order valence-corrected chi connectivity index (χ4v) is 2.88. The van der Waals surface area contributed by atoms with Gasteiger partial charge < -0.3 is 5.32 Å². The van der Waals surface area contributed by atoms with Gasteiger partial charge in [0.05, 0.1) is 22.1 Å². The third-order valence-electron chi connectivity index (χ3n) is 2.67. The van der Waals surface area contributed by atoms with E-state index >= 15 is 0 Å². The van der Waals surface area contributed by atoms with Gasteiger partial charge in [-0.1, -0.05) is 12.1 Å². The first-order chi connectivity index (χ1) is 7.24. The number of fused-ring (bicyclic) bond motifs is 3. The number of hydrogen-bond acceptors (Lipinski definition) is 3. The largest absolute Gasteiger partial charge is 0.380 e. The molecular formula is C12H12N2S. The Morgan fingerprint density at radius 2 is 2.20 bits per heavy atom. The van der Waals surface area contributed by atoms with Crippen molar-refractivity contribution in [2.24, 2.45) is 0 Å². The summed E-state index contributed by atoms with van der Waals surface area (Å²) < 4.78 is 0. The summed E-state index contributed by atoms with van der Waals surface area (Å²) >= 11 is 1.78. The van der Waals surface area contributed by atoms with E-state index in [0.717, 1.165) is 11.6 Å². The van der Waals surface area contributed by atoms with Crippen LogP contribution in [0.3, 0.4) is 0 Å². The lowest BCUT2D eigenvalue weighted by Gasteiger charge is -2.17. The van der Waals surface area contributed by atoms with E-state index in [1.165, 1.54) is 27.4 Å². The zero-order valence-electron chi connectivity index (χ0n) is 8.79. The maximum absolute atomic E-state index is 4.60. The molecule has 3 heteroatoms. The van der Waals surface area contributed by atoms with Crippen LogP contribution < -0.4 is 5.32 Å². The number of anilines is 1. The Bertz CT molecular complexity index is 528. The normalized spacial score (nSPS) is 12.9. The quantitative estimate of drug-likeness (QED) is 0.730. The molecule has 3 rings (SSSR count). The van der Waals surface area contributed by atoms with Crippen LogP contribution >= 0.6 is 11.3 Å². The molecule has 1 aliphatic heterocycles. The number of nitrogens with zero attached hydrogens (tertiary/aromatic N) is 1. The SMILES string of the molecule is Cc1ccc2c(c1)NCc1sc(C)nc1-2. The lowest BCUT2D eigenvalue weighted by Crippen LogP contribution is -2.06. The van der Waals surface area contributed by atoms with Crippen LogP contribution in [0.4, 0.5) is 5.69 Å². The van der Waals surface area contributed by atoms with Crippen LogP contribution in [0, 0.1) is 13.8 Å². The van der Waals surface area contributed by atoms with E-state index in [9.17, 15) is 0 Å². The van der Waals surface area contributed by atoms with E-state index in [2.05, 4.69) is 42.3 Å². The van der Waals surface area contributed by atoms with Crippen molar-refractivity contribution in [2.45, 2.75) is 20.4 Å². The molecule has 1 aromatic carbocycles. The molecule has 1 N–H and O–H groups in total. The molecule has 2 aromatic rings. The Balaban J connectivity index is 2.25. The van der Waals surface area contributed by atoms with Gasteiger partial charge in [-0.05, 0) is 25.5 Å². The minimum absolute atomic E-state index is 0.914. The van der Waals surface area contributed by atoms with Crippen molar-refractivity contribution in [1.29, 1.82) is 0 Å². The van der Waals surface area contributed by atoms with Crippen LogP contribution in [-0.4, -0.2) is 4.98 Å². The Morgan fingerprint density at radius 1 is 1.33 bits per heavy atom. The number of aryl methyl sites for hydroxylation is 2. The molecule has 0 radical (unpaired) electrons. The fraction of sp³-hybridized carbons (Fsp3) is 0.250. The van der Waals surface area contributed by atoms with Gasteiger partial charge in [-0.15, -0.1) is 11.3 Å². The average molecular weight is 216 g/mol. The summed E-state index contributed by atoms with van der Waals surface area (Å²) in [5.74, 6) is 0. The molecule has 0 amide bonds. The van der Waals surface area contributed by atoms with Crippen molar-refractivity contribution in [3.05, 3.63) is 33.6 Å². The van der Waals surface area contributed by atoms with Gasteiger partial charge in [0, 0.05) is 11.3 Å². The summed E-state index contributed by atoms with van der Waals surface area (Å²) in [5, 5.41) is 4.59. The Labute approximate surface area is 93.0 Å². The summed E-state index contributed by atoms with van der Waals surface area (Å²) in [6.07, 6.45) is 0. The van der Waals surface area contributed by atoms with E-state index in [1.807, 2.05) is 0 Å². The molecule has 2 nitrogen and oxygen atoms in total. The summed E-state index contributed by atoms with van der Waals surface area (Å²) in [6.45, 7) is 5.10. The van der Waals surface area contributed by atoms with Crippen molar-refractivity contribution in [3.63, 3.8) is 0 Å². The zero-order valence-corrected chi connectivity index (χ0v) is 9.61. The van der Waals surface area contributed by atoms with Crippen molar-refractivity contribution < 1.29 is 0 Å². The molecule has 0 unspecified atom stereocenters. The van der Waals surface area contributed by atoms with Gasteiger partial charge >= 0.3 is 0 Å². The van der Waals surface area contributed by atoms with Crippen molar-refractivity contribution in [1.82, 2.24) is 4.98 Å². The maximum Gasteiger partial charge on any atom is 0.0905 e.